The van der Waals surface area contributed by atoms with E-state index in [-0.39, 0.29) is 0 Å². The van der Waals surface area contributed by atoms with Crippen molar-refractivity contribution in [2.24, 2.45) is 0 Å². The molecule has 4 nitrogen and oxygen atoms in total. The molecule has 0 aromatic carbocycles. The maximum atomic E-state index is 5.45. The molecule has 1 rings (SSSR count). The van der Waals surface area contributed by atoms with Crippen LogP contribution in [0.2, 0.25) is 0 Å². The second kappa shape index (κ2) is 11.3. The summed E-state index contributed by atoms with van der Waals surface area (Å²) in [5, 5.41) is 0. The lowest BCUT2D eigenvalue weighted by Crippen LogP contribution is -2.09. The zero-order valence-electron chi connectivity index (χ0n) is 10.1. The molecule has 0 unspecified atom stereocenters. The minimum Gasteiger partial charge on any atom is -0.381 e. The smallest absolute Gasteiger partial charge is 0.0488 e. The fraction of sp³-hybridized carbons (Fsp3) is 1.00. The molecule has 16 heavy (non-hydrogen) atoms. The monoisotopic (exact) mass is 232 g/mol. The van der Waals surface area contributed by atoms with Crippen LogP contribution in [0.1, 0.15) is 25.7 Å². The largest absolute Gasteiger partial charge is 0.381 e. The van der Waals surface area contributed by atoms with Gasteiger partial charge in [-0.1, -0.05) is 0 Å². The van der Waals surface area contributed by atoms with Gasteiger partial charge in [-0.15, -0.1) is 0 Å². The van der Waals surface area contributed by atoms with E-state index in [4.69, 9.17) is 18.9 Å². The Morgan fingerprint density at radius 2 is 0.500 bits per heavy atom. The lowest BCUT2D eigenvalue weighted by molar-refractivity contribution is 0.0370. The molecule has 1 fully saturated rings. The van der Waals surface area contributed by atoms with Crippen LogP contribution in [-0.2, 0) is 18.9 Å². The second-order valence-corrected chi connectivity index (χ2v) is 3.86. The summed E-state index contributed by atoms with van der Waals surface area (Å²) >= 11 is 0. The molecule has 0 saturated carbocycles. The Labute approximate surface area is 98.2 Å². The van der Waals surface area contributed by atoms with E-state index in [0.717, 1.165) is 78.5 Å². The molecule has 0 aromatic heterocycles. The molecular formula is C12H24O4. The lowest BCUT2D eigenvalue weighted by atomic mass is 10.4. The van der Waals surface area contributed by atoms with Crippen molar-refractivity contribution in [3.63, 3.8) is 0 Å². The fourth-order valence-corrected chi connectivity index (χ4v) is 1.46. The van der Waals surface area contributed by atoms with Crippen molar-refractivity contribution < 1.29 is 18.9 Å². The molecule has 1 aliphatic rings. The predicted octanol–water partition coefficient (Wildman–Crippen LogP) is 1.63. The number of rotatable bonds is 0. The van der Waals surface area contributed by atoms with Crippen LogP contribution in [0.4, 0.5) is 0 Å². The molecule has 0 aliphatic carbocycles. The molecular weight excluding hydrogens is 208 g/mol. The highest BCUT2D eigenvalue weighted by molar-refractivity contribution is 4.42. The van der Waals surface area contributed by atoms with E-state index in [2.05, 4.69) is 0 Å². The van der Waals surface area contributed by atoms with Crippen LogP contribution in [0.5, 0.6) is 0 Å². The van der Waals surface area contributed by atoms with Gasteiger partial charge in [0.05, 0.1) is 0 Å². The van der Waals surface area contributed by atoms with Crippen LogP contribution in [0.15, 0.2) is 0 Å². The normalized spacial score (nSPS) is 24.0. The van der Waals surface area contributed by atoms with Crippen molar-refractivity contribution in [1.29, 1.82) is 0 Å². The second-order valence-electron chi connectivity index (χ2n) is 3.86. The summed E-state index contributed by atoms with van der Waals surface area (Å²) in [5.74, 6) is 0. The molecule has 0 radical (unpaired) electrons. The Kier molecular flexibility index (Phi) is 9.84. The van der Waals surface area contributed by atoms with E-state index in [1.54, 1.807) is 0 Å². The molecule has 0 bridgehead atoms. The highest BCUT2D eigenvalue weighted by atomic mass is 16.5. The van der Waals surface area contributed by atoms with Gasteiger partial charge in [-0.05, 0) is 25.7 Å². The van der Waals surface area contributed by atoms with E-state index in [0.29, 0.717) is 0 Å². The van der Waals surface area contributed by atoms with Crippen molar-refractivity contribution in [2.45, 2.75) is 25.7 Å². The summed E-state index contributed by atoms with van der Waals surface area (Å²) in [6, 6.07) is 0. The molecule has 0 spiro atoms. The highest BCUT2D eigenvalue weighted by Gasteiger charge is 1.95. The van der Waals surface area contributed by atoms with Gasteiger partial charge in [-0.3, -0.25) is 0 Å². The summed E-state index contributed by atoms with van der Waals surface area (Å²) in [4.78, 5) is 0. The Bertz CT molecular complexity index is 77.0. The van der Waals surface area contributed by atoms with Gasteiger partial charge in [-0.25, -0.2) is 0 Å². The SMILES string of the molecule is C1COCCCOCCCOCCCOC1. The number of ether oxygens (including phenoxy) is 4. The predicted molar refractivity (Wildman–Crippen MR) is 61.7 cm³/mol. The van der Waals surface area contributed by atoms with Crippen molar-refractivity contribution >= 4 is 0 Å². The zero-order chi connectivity index (χ0) is 11.3. The maximum absolute atomic E-state index is 5.45. The molecule has 0 N–H and O–H groups in total. The van der Waals surface area contributed by atoms with Gasteiger partial charge in [0.15, 0.2) is 0 Å². The molecule has 0 atom stereocenters. The van der Waals surface area contributed by atoms with Crippen molar-refractivity contribution in [2.75, 3.05) is 52.9 Å². The fourth-order valence-electron chi connectivity index (χ4n) is 1.46. The van der Waals surface area contributed by atoms with Crippen LogP contribution >= 0.6 is 0 Å². The van der Waals surface area contributed by atoms with Gasteiger partial charge in [-0.2, -0.15) is 0 Å². The average Bonchev–Trinajstić information content (AvgIpc) is 2.29. The Morgan fingerprint density at radius 1 is 0.312 bits per heavy atom. The molecule has 1 heterocycles. The summed E-state index contributed by atoms with van der Waals surface area (Å²) in [5.41, 5.74) is 0. The third-order valence-electron chi connectivity index (χ3n) is 2.31. The molecule has 96 valence electrons. The van der Waals surface area contributed by atoms with Crippen molar-refractivity contribution in [1.82, 2.24) is 0 Å². The standard InChI is InChI=1S/C12H24O4/c1-5-13-7-2-9-15-11-4-12-16-10-3-8-14-6-1/h1-12H2. The third-order valence-corrected chi connectivity index (χ3v) is 2.31. The summed E-state index contributed by atoms with van der Waals surface area (Å²) in [6.07, 6.45) is 3.90. The molecule has 1 saturated heterocycles. The summed E-state index contributed by atoms with van der Waals surface area (Å²) in [6.45, 7) is 6.31. The van der Waals surface area contributed by atoms with E-state index in [1.807, 2.05) is 0 Å². The first-order chi connectivity index (χ1) is 8.00. The Morgan fingerprint density at radius 3 is 0.688 bits per heavy atom. The van der Waals surface area contributed by atoms with Crippen LogP contribution < -0.4 is 0 Å². The summed E-state index contributed by atoms with van der Waals surface area (Å²) < 4.78 is 21.8. The summed E-state index contributed by atoms with van der Waals surface area (Å²) in [7, 11) is 0. The van der Waals surface area contributed by atoms with Gasteiger partial charge >= 0.3 is 0 Å². The molecule has 0 amide bonds. The molecule has 1 aliphatic heterocycles. The minimum atomic E-state index is 0.788. The highest BCUT2D eigenvalue weighted by Crippen LogP contribution is 1.94. The first kappa shape index (κ1) is 13.9. The zero-order valence-corrected chi connectivity index (χ0v) is 10.1. The van der Waals surface area contributed by atoms with Crippen molar-refractivity contribution in [3.8, 4) is 0 Å². The van der Waals surface area contributed by atoms with Gasteiger partial charge in [0, 0.05) is 52.9 Å². The molecule has 0 aromatic rings. The van der Waals surface area contributed by atoms with Gasteiger partial charge in [0.25, 0.3) is 0 Å². The first-order valence-corrected chi connectivity index (χ1v) is 6.31. The topological polar surface area (TPSA) is 36.9 Å². The van der Waals surface area contributed by atoms with E-state index in [1.165, 1.54) is 0 Å². The van der Waals surface area contributed by atoms with Gasteiger partial charge < -0.3 is 18.9 Å². The van der Waals surface area contributed by atoms with Crippen LogP contribution in [0.25, 0.3) is 0 Å². The minimum absolute atomic E-state index is 0.788. The lowest BCUT2D eigenvalue weighted by Gasteiger charge is -2.08. The first-order valence-electron chi connectivity index (χ1n) is 6.31. The third kappa shape index (κ3) is 9.09. The molecule has 4 heteroatoms. The quantitative estimate of drug-likeness (QED) is 0.636. The van der Waals surface area contributed by atoms with E-state index >= 15 is 0 Å². The number of hydrogen-bond donors (Lipinski definition) is 0. The maximum Gasteiger partial charge on any atom is 0.0488 e. The van der Waals surface area contributed by atoms with Gasteiger partial charge in [0.1, 0.15) is 0 Å². The van der Waals surface area contributed by atoms with Crippen LogP contribution in [0.3, 0.4) is 0 Å². The van der Waals surface area contributed by atoms with Gasteiger partial charge in [0.2, 0.25) is 0 Å². The van der Waals surface area contributed by atoms with E-state index in [9.17, 15) is 0 Å². The van der Waals surface area contributed by atoms with Crippen LogP contribution in [0, 0.1) is 0 Å². The average molecular weight is 232 g/mol. The van der Waals surface area contributed by atoms with E-state index < -0.39 is 0 Å². The number of hydrogen-bond acceptors (Lipinski definition) is 4. The van der Waals surface area contributed by atoms with Crippen LogP contribution in [-0.4, -0.2) is 52.9 Å². The Hall–Kier alpha value is -0.160. The Balaban J connectivity index is 2.00. The van der Waals surface area contributed by atoms with Crippen molar-refractivity contribution in [3.05, 3.63) is 0 Å².